The molecule has 6 nitrogen and oxygen atoms in total. The summed E-state index contributed by atoms with van der Waals surface area (Å²) in [4.78, 5) is 23.1. The summed E-state index contributed by atoms with van der Waals surface area (Å²) in [6, 6.07) is 17.3. The van der Waals surface area contributed by atoms with Crippen molar-refractivity contribution in [1.82, 2.24) is 19.7 Å². The Hall–Kier alpha value is -3.36. The quantitative estimate of drug-likeness (QED) is 0.456. The van der Waals surface area contributed by atoms with Gasteiger partial charge in [0.05, 0.1) is 16.3 Å². The molecular formula is C25H24FN5OS. The molecule has 1 saturated heterocycles. The van der Waals surface area contributed by atoms with Gasteiger partial charge in [0.15, 0.2) is 5.13 Å². The van der Waals surface area contributed by atoms with E-state index >= 15 is 0 Å². The van der Waals surface area contributed by atoms with Gasteiger partial charge in [-0.15, -0.1) is 0 Å². The number of thiazole rings is 1. The highest BCUT2D eigenvalue weighted by Gasteiger charge is 2.23. The molecular weight excluding hydrogens is 437 g/mol. The third kappa shape index (κ3) is 4.31. The number of likely N-dealkylation sites (N-methyl/N-ethyl adjacent to an activating group) is 1. The molecule has 0 radical (unpaired) electrons. The maximum atomic E-state index is 13.6. The highest BCUT2D eigenvalue weighted by Crippen LogP contribution is 2.39. The molecule has 3 heterocycles. The van der Waals surface area contributed by atoms with Crippen LogP contribution in [-0.2, 0) is 0 Å². The van der Waals surface area contributed by atoms with Crippen molar-refractivity contribution in [3.05, 3.63) is 82.4 Å². The molecule has 168 valence electrons. The second-order valence-corrected chi connectivity index (χ2v) is 9.20. The Kier molecular flexibility index (Phi) is 5.78. The van der Waals surface area contributed by atoms with Crippen molar-refractivity contribution in [2.45, 2.75) is 6.92 Å². The Morgan fingerprint density at radius 1 is 0.939 bits per heavy atom. The van der Waals surface area contributed by atoms with E-state index in [0.29, 0.717) is 5.69 Å². The number of hydrogen-bond acceptors (Lipinski definition) is 6. The summed E-state index contributed by atoms with van der Waals surface area (Å²) in [7, 11) is 2.12. The lowest BCUT2D eigenvalue weighted by atomic mass is 10.1. The molecule has 2 aromatic carbocycles. The molecule has 2 aromatic heterocycles. The Morgan fingerprint density at radius 2 is 1.67 bits per heavy atom. The summed E-state index contributed by atoms with van der Waals surface area (Å²) in [5.74, 6) is -0.291. The average molecular weight is 462 g/mol. The van der Waals surface area contributed by atoms with Gasteiger partial charge in [0.2, 0.25) is 0 Å². The van der Waals surface area contributed by atoms with Gasteiger partial charge in [-0.25, -0.2) is 9.37 Å². The van der Waals surface area contributed by atoms with Crippen LogP contribution >= 0.6 is 11.3 Å². The summed E-state index contributed by atoms with van der Waals surface area (Å²) >= 11 is 1.56. The fourth-order valence-electron chi connectivity index (χ4n) is 3.92. The first-order valence-electron chi connectivity index (χ1n) is 10.9. The molecule has 0 bridgehead atoms. The van der Waals surface area contributed by atoms with E-state index < -0.39 is 0 Å². The van der Waals surface area contributed by atoms with Crippen molar-refractivity contribution in [2.75, 3.05) is 38.1 Å². The van der Waals surface area contributed by atoms with Crippen molar-refractivity contribution in [2.24, 2.45) is 0 Å². The number of piperazine rings is 1. The molecule has 1 aliphatic rings. The molecule has 8 heteroatoms. The van der Waals surface area contributed by atoms with Crippen LogP contribution in [0, 0.1) is 12.7 Å². The number of benzene rings is 2. The number of nitrogens with zero attached hydrogens (tertiary/aromatic N) is 5. The number of para-hydroxylation sites is 1. The normalized spacial score (nSPS) is 14.6. The number of aryl methyl sites for hydroxylation is 1. The lowest BCUT2D eigenvalue weighted by molar-refractivity contribution is 0.313. The van der Waals surface area contributed by atoms with Crippen LogP contribution in [-0.4, -0.2) is 52.9 Å². The first-order chi connectivity index (χ1) is 16.0. The van der Waals surface area contributed by atoms with Crippen molar-refractivity contribution in [3.8, 4) is 27.5 Å². The Labute approximate surface area is 195 Å². The number of hydrogen-bond donors (Lipinski definition) is 0. The minimum atomic E-state index is -0.291. The van der Waals surface area contributed by atoms with E-state index in [4.69, 9.17) is 10.1 Å². The van der Waals surface area contributed by atoms with Crippen molar-refractivity contribution in [3.63, 3.8) is 0 Å². The second kappa shape index (κ2) is 8.88. The van der Waals surface area contributed by atoms with Gasteiger partial charge in [-0.05, 0) is 55.9 Å². The topological polar surface area (TPSA) is 54.3 Å². The van der Waals surface area contributed by atoms with Gasteiger partial charge in [-0.3, -0.25) is 4.79 Å². The number of aromatic nitrogens is 3. The SMILES string of the molecule is Cc1ccccc1-n1nc(-c2sc(N3CCN(C)CC3)nc2-c2ccc(F)cc2)ccc1=O. The van der Waals surface area contributed by atoms with Crippen LogP contribution in [0.2, 0.25) is 0 Å². The largest absolute Gasteiger partial charge is 0.345 e. The predicted octanol–water partition coefficient (Wildman–Crippen LogP) is 4.22. The maximum Gasteiger partial charge on any atom is 0.271 e. The molecule has 0 saturated carbocycles. The molecule has 0 amide bonds. The molecule has 0 N–H and O–H groups in total. The summed E-state index contributed by atoms with van der Waals surface area (Å²) in [5, 5.41) is 5.63. The molecule has 1 fully saturated rings. The van der Waals surface area contributed by atoms with E-state index in [9.17, 15) is 9.18 Å². The Morgan fingerprint density at radius 3 is 2.39 bits per heavy atom. The lowest BCUT2D eigenvalue weighted by Crippen LogP contribution is -2.44. The van der Waals surface area contributed by atoms with E-state index in [1.54, 1.807) is 35.6 Å². The van der Waals surface area contributed by atoms with Gasteiger partial charge in [0.25, 0.3) is 5.56 Å². The monoisotopic (exact) mass is 461 g/mol. The zero-order valence-corrected chi connectivity index (χ0v) is 19.3. The van der Waals surface area contributed by atoms with Crippen molar-refractivity contribution in [1.29, 1.82) is 0 Å². The fraction of sp³-hybridized carbons (Fsp3) is 0.240. The molecule has 4 aromatic rings. The van der Waals surface area contributed by atoms with Crippen LogP contribution < -0.4 is 10.5 Å². The fourth-order valence-corrected chi connectivity index (χ4v) is 5.03. The first kappa shape index (κ1) is 21.5. The highest BCUT2D eigenvalue weighted by molar-refractivity contribution is 7.19. The highest BCUT2D eigenvalue weighted by atomic mass is 32.1. The molecule has 5 rings (SSSR count). The summed E-state index contributed by atoms with van der Waals surface area (Å²) in [6.07, 6.45) is 0. The number of rotatable bonds is 4. The minimum absolute atomic E-state index is 0.194. The van der Waals surface area contributed by atoms with Gasteiger partial charge in [0, 0.05) is 37.8 Å². The Bertz CT molecular complexity index is 1340. The van der Waals surface area contributed by atoms with E-state index in [0.717, 1.165) is 58.7 Å². The van der Waals surface area contributed by atoms with Gasteiger partial charge in [-0.2, -0.15) is 9.78 Å². The summed E-state index contributed by atoms with van der Waals surface area (Å²) < 4.78 is 15.0. The average Bonchev–Trinajstić information content (AvgIpc) is 3.26. The zero-order chi connectivity index (χ0) is 22.9. The first-order valence-corrected chi connectivity index (χ1v) is 11.7. The standard InChI is InChI=1S/C25H24FN5OS/c1-17-5-3-4-6-21(17)31-22(32)12-11-20(28-31)24-23(18-7-9-19(26)10-8-18)27-25(33-24)30-15-13-29(2)14-16-30/h3-12H,13-16H2,1-2H3. The molecule has 0 aliphatic carbocycles. The molecule has 0 atom stereocenters. The van der Waals surface area contributed by atoms with E-state index in [2.05, 4.69) is 16.8 Å². The van der Waals surface area contributed by atoms with Crippen LogP contribution in [0.25, 0.3) is 27.5 Å². The minimum Gasteiger partial charge on any atom is -0.345 e. The maximum absolute atomic E-state index is 13.6. The van der Waals surface area contributed by atoms with Crippen LogP contribution in [0.15, 0.2) is 65.5 Å². The van der Waals surface area contributed by atoms with Crippen molar-refractivity contribution < 1.29 is 4.39 Å². The van der Waals surface area contributed by atoms with Gasteiger partial charge < -0.3 is 9.80 Å². The summed E-state index contributed by atoms with van der Waals surface area (Å²) in [6.45, 7) is 5.68. The molecule has 33 heavy (non-hydrogen) atoms. The van der Waals surface area contributed by atoms with Crippen LogP contribution in [0.1, 0.15) is 5.56 Å². The molecule has 1 aliphatic heterocycles. The van der Waals surface area contributed by atoms with Gasteiger partial charge in [0.1, 0.15) is 11.5 Å². The second-order valence-electron chi connectivity index (χ2n) is 8.23. The van der Waals surface area contributed by atoms with Crippen LogP contribution in [0.5, 0.6) is 0 Å². The van der Waals surface area contributed by atoms with E-state index in [-0.39, 0.29) is 11.4 Å². The van der Waals surface area contributed by atoms with E-state index in [1.807, 2.05) is 31.2 Å². The third-order valence-corrected chi connectivity index (χ3v) is 7.02. The van der Waals surface area contributed by atoms with E-state index in [1.165, 1.54) is 16.8 Å². The summed E-state index contributed by atoms with van der Waals surface area (Å²) in [5.41, 5.74) is 3.74. The molecule has 0 spiro atoms. The van der Waals surface area contributed by atoms with Crippen LogP contribution in [0.4, 0.5) is 9.52 Å². The number of anilines is 1. The van der Waals surface area contributed by atoms with Crippen LogP contribution in [0.3, 0.4) is 0 Å². The zero-order valence-electron chi connectivity index (χ0n) is 18.5. The predicted molar refractivity (Wildman–Crippen MR) is 131 cm³/mol. The van der Waals surface area contributed by atoms with Gasteiger partial charge in [-0.1, -0.05) is 29.5 Å². The number of halogens is 1. The Balaban J connectivity index is 1.64. The third-order valence-electron chi connectivity index (χ3n) is 5.88. The van der Waals surface area contributed by atoms with Crippen molar-refractivity contribution >= 4 is 16.5 Å². The smallest absolute Gasteiger partial charge is 0.271 e. The van der Waals surface area contributed by atoms with Gasteiger partial charge >= 0.3 is 0 Å². The lowest BCUT2D eigenvalue weighted by Gasteiger charge is -2.32. The molecule has 0 unspecified atom stereocenters.